The molecule has 0 saturated carbocycles. The van der Waals surface area contributed by atoms with Crippen LogP contribution in [0.3, 0.4) is 0 Å². The number of sulfonamides is 1. The summed E-state index contributed by atoms with van der Waals surface area (Å²) in [5.74, 6) is 0. The molecule has 2 aromatic rings. The Labute approximate surface area is 172 Å². The van der Waals surface area contributed by atoms with Crippen molar-refractivity contribution in [2.45, 2.75) is 23.8 Å². The van der Waals surface area contributed by atoms with Crippen LogP contribution in [-0.2, 0) is 10.0 Å². The first-order valence-electron chi connectivity index (χ1n) is 8.43. The molecular formula is C18H19BrClN3O3S. The van der Waals surface area contributed by atoms with E-state index in [0.29, 0.717) is 36.6 Å². The summed E-state index contributed by atoms with van der Waals surface area (Å²) in [5, 5.41) is 6.23. The molecule has 0 spiro atoms. The molecule has 0 atom stereocenters. The lowest BCUT2D eigenvalue weighted by Gasteiger charge is -2.31. The number of benzene rings is 2. The minimum Gasteiger partial charge on any atom is -0.335 e. The summed E-state index contributed by atoms with van der Waals surface area (Å²) in [6, 6.07) is 13.0. The largest absolute Gasteiger partial charge is 0.335 e. The Morgan fingerprint density at radius 2 is 1.63 bits per heavy atom. The molecule has 1 aliphatic rings. The van der Waals surface area contributed by atoms with E-state index in [4.69, 9.17) is 11.6 Å². The van der Waals surface area contributed by atoms with Gasteiger partial charge in [0.15, 0.2) is 0 Å². The van der Waals surface area contributed by atoms with Gasteiger partial charge >= 0.3 is 6.03 Å². The van der Waals surface area contributed by atoms with E-state index >= 15 is 0 Å². The van der Waals surface area contributed by atoms with E-state index in [1.165, 1.54) is 4.31 Å². The maximum absolute atomic E-state index is 12.7. The second kappa shape index (κ2) is 8.60. The summed E-state index contributed by atoms with van der Waals surface area (Å²) in [6.45, 7) is 0.731. The van der Waals surface area contributed by atoms with Gasteiger partial charge in [0, 0.05) is 34.3 Å². The second-order valence-corrected chi connectivity index (χ2v) is 9.53. The molecule has 0 bridgehead atoms. The molecule has 27 heavy (non-hydrogen) atoms. The van der Waals surface area contributed by atoms with Crippen LogP contribution in [0.25, 0.3) is 0 Å². The summed E-state index contributed by atoms with van der Waals surface area (Å²) >= 11 is 9.13. The lowest BCUT2D eigenvalue weighted by molar-refractivity contribution is 0.238. The second-order valence-electron chi connectivity index (χ2n) is 6.24. The van der Waals surface area contributed by atoms with Gasteiger partial charge in [-0.15, -0.1) is 0 Å². The summed E-state index contributed by atoms with van der Waals surface area (Å²) in [7, 11) is -3.51. The number of hydrogen-bond donors (Lipinski definition) is 2. The van der Waals surface area contributed by atoms with E-state index in [0.717, 1.165) is 4.47 Å². The van der Waals surface area contributed by atoms with Gasteiger partial charge in [-0.05, 0) is 61.4 Å². The number of urea groups is 1. The number of hydrogen-bond acceptors (Lipinski definition) is 3. The maximum atomic E-state index is 12.7. The molecule has 2 N–H and O–H groups in total. The molecule has 2 amide bonds. The Hall–Kier alpha value is -1.61. The molecule has 144 valence electrons. The van der Waals surface area contributed by atoms with Gasteiger partial charge < -0.3 is 10.6 Å². The molecule has 1 heterocycles. The van der Waals surface area contributed by atoms with E-state index in [9.17, 15) is 13.2 Å². The van der Waals surface area contributed by atoms with Crippen LogP contribution >= 0.6 is 27.5 Å². The number of amides is 2. The fourth-order valence-corrected chi connectivity index (χ4v) is 4.74. The van der Waals surface area contributed by atoms with Gasteiger partial charge in [0.25, 0.3) is 0 Å². The highest BCUT2D eigenvalue weighted by Crippen LogP contribution is 2.22. The molecule has 0 aliphatic carbocycles. The lowest BCUT2D eigenvalue weighted by Crippen LogP contribution is -2.47. The first-order valence-corrected chi connectivity index (χ1v) is 11.0. The number of carbonyl (C=O) groups is 1. The minimum atomic E-state index is -3.51. The predicted molar refractivity (Wildman–Crippen MR) is 110 cm³/mol. The topological polar surface area (TPSA) is 78.5 Å². The monoisotopic (exact) mass is 471 g/mol. The van der Waals surface area contributed by atoms with Crippen molar-refractivity contribution in [1.82, 2.24) is 9.62 Å². The number of halogens is 2. The summed E-state index contributed by atoms with van der Waals surface area (Å²) in [5.41, 5.74) is 0.646. The van der Waals surface area contributed by atoms with Crippen LogP contribution in [0.2, 0.25) is 5.02 Å². The first kappa shape index (κ1) is 20.1. The Morgan fingerprint density at radius 3 is 2.22 bits per heavy atom. The number of rotatable bonds is 4. The summed E-state index contributed by atoms with van der Waals surface area (Å²) in [6.07, 6.45) is 1.12. The van der Waals surface area contributed by atoms with Crippen LogP contribution in [0, 0.1) is 0 Å². The molecule has 0 aromatic heterocycles. The number of carbonyl (C=O) groups excluding carboxylic acids is 1. The van der Waals surface area contributed by atoms with Gasteiger partial charge in [-0.2, -0.15) is 4.31 Å². The minimum absolute atomic E-state index is 0.0753. The molecule has 1 fully saturated rings. The van der Waals surface area contributed by atoms with Crippen LogP contribution in [0.5, 0.6) is 0 Å². The van der Waals surface area contributed by atoms with Crippen molar-refractivity contribution in [3.63, 3.8) is 0 Å². The highest BCUT2D eigenvalue weighted by Gasteiger charge is 2.29. The van der Waals surface area contributed by atoms with E-state index in [1.807, 2.05) is 0 Å². The average Bonchev–Trinajstić information content (AvgIpc) is 2.64. The van der Waals surface area contributed by atoms with Crippen molar-refractivity contribution in [2.75, 3.05) is 18.4 Å². The quantitative estimate of drug-likeness (QED) is 0.704. The Kier molecular flexibility index (Phi) is 6.41. The summed E-state index contributed by atoms with van der Waals surface area (Å²) in [4.78, 5) is 12.4. The standard InChI is InChI=1S/C18H19BrClN3O3S/c19-13-1-7-17(8-2-13)27(25,26)23-11-9-16(10-12-23)22-18(24)21-15-5-3-14(20)4-6-15/h1-8,16H,9-12H2,(H2,21,22,24). The number of nitrogens with zero attached hydrogens (tertiary/aromatic N) is 1. The zero-order valence-corrected chi connectivity index (χ0v) is 17.5. The predicted octanol–water partition coefficient (Wildman–Crippen LogP) is 4.08. The van der Waals surface area contributed by atoms with E-state index in [-0.39, 0.29) is 17.0 Å². The van der Waals surface area contributed by atoms with Gasteiger partial charge in [-0.1, -0.05) is 27.5 Å². The SMILES string of the molecule is O=C(Nc1ccc(Cl)cc1)NC1CCN(S(=O)(=O)c2ccc(Br)cc2)CC1. The van der Waals surface area contributed by atoms with Crippen molar-refractivity contribution >= 4 is 49.3 Å². The smallest absolute Gasteiger partial charge is 0.319 e. The van der Waals surface area contributed by atoms with Crippen molar-refractivity contribution in [2.24, 2.45) is 0 Å². The van der Waals surface area contributed by atoms with Crippen LogP contribution in [0.4, 0.5) is 10.5 Å². The molecule has 6 nitrogen and oxygen atoms in total. The Morgan fingerprint density at radius 1 is 1.04 bits per heavy atom. The number of anilines is 1. The highest BCUT2D eigenvalue weighted by atomic mass is 79.9. The Balaban J connectivity index is 1.53. The van der Waals surface area contributed by atoms with Gasteiger partial charge in [-0.3, -0.25) is 0 Å². The van der Waals surface area contributed by atoms with Crippen LogP contribution in [0.15, 0.2) is 57.9 Å². The van der Waals surface area contributed by atoms with Crippen LogP contribution in [-0.4, -0.2) is 37.9 Å². The van der Waals surface area contributed by atoms with Gasteiger partial charge in [-0.25, -0.2) is 13.2 Å². The third-order valence-electron chi connectivity index (χ3n) is 4.34. The Bertz CT molecular complexity index is 896. The molecular weight excluding hydrogens is 454 g/mol. The molecule has 1 saturated heterocycles. The normalized spacial score (nSPS) is 16.1. The van der Waals surface area contributed by atoms with Crippen molar-refractivity contribution in [1.29, 1.82) is 0 Å². The molecule has 0 unspecified atom stereocenters. The number of piperidine rings is 1. The van der Waals surface area contributed by atoms with Gasteiger partial charge in [0.1, 0.15) is 0 Å². The molecule has 1 aliphatic heterocycles. The summed E-state index contributed by atoms with van der Waals surface area (Å²) < 4.78 is 27.7. The highest BCUT2D eigenvalue weighted by molar-refractivity contribution is 9.10. The fraction of sp³-hybridized carbons (Fsp3) is 0.278. The van der Waals surface area contributed by atoms with E-state index in [2.05, 4.69) is 26.6 Å². The van der Waals surface area contributed by atoms with Crippen LogP contribution in [0.1, 0.15) is 12.8 Å². The van der Waals surface area contributed by atoms with Crippen molar-refractivity contribution in [3.8, 4) is 0 Å². The maximum Gasteiger partial charge on any atom is 0.319 e. The van der Waals surface area contributed by atoms with Crippen LogP contribution < -0.4 is 10.6 Å². The zero-order chi connectivity index (χ0) is 19.4. The van der Waals surface area contributed by atoms with E-state index in [1.54, 1.807) is 48.5 Å². The van der Waals surface area contributed by atoms with Crippen molar-refractivity contribution in [3.05, 3.63) is 58.0 Å². The zero-order valence-electron chi connectivity index (χ0n) is 14.4. The third kappa shape index (κ3) is 5.22. The number of nitrogens with one attached hydrogen (secondary N) is 2. The fourth-order valence-electron chi connectivity index (χ4n) is 2.88. The molecule has 0 radical (unpaired) electrons. The lowest BCUT2D eigenvalue weighted by atomic mass is 10.1. The molecule has 2 aromatic carbocycles. The molecule has 3 rings (SSSR count). The van der Waals surface area contributed by atoms with Gasteiger partial charge in [0.2, 0.25) is 10.0 Å². The third-order valence-corrected chi connectivity index (χ3v) is 7.04. The van der Waals surface area contributed by atoms with E-state index < -0.39 is 10.0 Å². The van der Waals surface area contributed by atoms with Crippen molar-refractivity contribution < 1.29 is 13.2 Å². The average molecular weight is 473 g/mol. The first-order chi connectivity index (χ1) is 12.8. The van der Waals surface area contributed by atoms with Gasteiger partial charge in [0.05, 0.1) is 4.90 Å². The molecule has 9 heteroatoms.